The van der Waals surface area contributed by atoms with Crippen LogP contribution >= 0.6 is 12.4 Å². The van der Waals surface area contributed by atoms with E-state index < -0.39 is 11.0 Å². The Labute approximate surface area is 167 Å². The van der Waals surface area contributed by atoms with Gasteiger partial charge in [0.05, 0.1) is 6.10 Å². The quantitative estimate of drug-likeness (QED) is 0.802. The lowest BCUT2D eigenvalue weighted by Crippen LogP contribution is -2.74. The molecule has 1 aromatic carbocycles. The molecule has 6 nitrogen and oxygen atoms in total. The smallest absolute Gasteiger partial charge is 0.253 e. The average Bonchev–Trinajstić information content (AvgIpc) is 3.16. The van der Waals surface area contributed by atoms with E-state index >= 15 is 0 Å². The number of likely N-dealkylation sites (tertiary alicyclic amines) is 1. The van der Waals surface area contributed by atoms with Gasteiger partial charge in [-0.3, -0.25) is 9.59 Å². The second kappa shape index (κ2) is 8.17. The summed E-state index contributed by atoms with van der Waals surface area (Å²) in [7, 11) is 0. The van der Waals surface area contributed by atoms with Gasteiger partial charge >= 0.3 is 0 Å². The van der Waals surface area contributed by atoms with Crippen LogP contribution in [0.2, 0.25) is 0 Å². The number of hydrogen-bond acceptors (Lipinski definition) is 4. The first-order valence-electron chi connectivity index (χ1n) is 9.41. The number of carbonyl (C=O) groups is 2. The summed E-state index contributed by atoms with van der Waals surface area (Å²) >= 11 is 0. The van der Waals surface area contributed by atoms with Gasteiger partial charge in [-0.05, 0) is 44.0 Å². The maximum atomic E-state index is 12.7. The van der Waals surface area contributed by atoms with Gasteiger partial charge in [-0.15, -0.1) is 12.4 Å². The molecule has 2 atom stereocenters. The Balaban J connectivity index is 0.00000261. The molecule has 0 bridgehead atoms. The normalized spacial score (nSPS) is 26.1. The van der Waals surface area contributed by atoms with Crippen molar-refractivity contribution < 1.29 is 14.3 Å². The van der Waals surface area contributed by atoms with E-state index in [1.54, 1.807) is 24.3 Å². The third kappa shape index (κ3) is 3.84. The molecule has 0 radical (unpaired) electrons. The summed E-state index contributed by atoms with van der Waals surface area (Å²) in [5.41, 5.74) is 6.30. The van der Waals surface area contributed by atoms with Crippen LogP contribution in [-0.2, 0) is 9.53 Å². The largest absolute Gasteiger partial charge is 0.378 e. The van der Waals surface area contributed by atoms with E-state index in [4.69, 9.17) is 10.5 Å². The Morgan fingerprint density at radius 3 is 2.33 bits per heavy atom. The van der Waals surface area contributed by atoms with E-state index in [0.717, 1.165) is 25.9 Å². The predicted octanol–water partition coefficient (Wildman–Crippen LogP) is 2.82. The Kier molecular flexibility index (Phi) is 6.55. The number of nitrogens with zero attached hydrogens (tertiary/aromatic N) is 1. The molecule has 150 valence electrons. The van der Waals surface area contributed by atoms with E-state index in [1.165, 1.54) is 0 Å². The molecule has 3 N–H and O–H groups in total. The van der Waals surface area contributed by atoms with Crippen LogP contribution in [0.3, 0.4) is 0 Å². The second-order valence-electron chi connectivity index (χ2n) is 7.87. The van der Waals surface area contributed by atoms with E-state index in [2.05, 4.69) is 5.32 Å². The number of anilines is 1. The fourth-order valence-corrected chi connectivity index (χ4v) is 3.86. The Bertz CT molecular complexity index is 686. The summed E-state index contributed by atoms with van der Waals surface area (Å²) in [5.74, 6) is -0.160. The monoisotopic (exact) mass is 395 g/mol. The number of nitrogens with one attached hydrogen (secondary N) is 1. The first-order chi connectivity index (χ1) is 12.3. The third-order valence-corrected chi connectivity index (χ3v) is 6.02. The highest BCUT2D eigenvalue weighted by Crippen LogP contribution is 2.50. The molecule has 1 aliphatic carbocycles. The molecule has 3 rings (SSSR count). The van der Waals surface area contributed by atoms with Gasteiger partial charge in [0.15, 0.2) is 0 Å². The van der Waals surface area contributed by atoms with Crippen LogP contribution in [0, 0.1) is 5.41 Å². The molecule has 0 aromatic heterocycles. The van der Waals surface area contributed by atoms with Crippen molar-refractivity contribution in [2.45, 2.75) is 51.7 Å². The van der Waals surface area contributed by atoms with E-state index in [9.17, 15) is 9.59 Å². The van der Waals surface area contributed by atoms with Crippen molar-refractivity contribution in [1.82, 2.24) is 4.90 Å². The van der Waals surface area contributed by atoms with E-state index in [0.29, 0.717) is 24.3 Å². The number of benzene rings is 1. The summed E-state index contributed by atoms with van der Waals surface area (Å²) in [5, 5.41) is 2.89. The van der Waals surface area contributed by atoms with E-state index in [-0.39, 0.29) is 30.3 Å². The predicted molar refractivity (Wildman–Crippen MR) is 108 cm³/mol. The summed E-state index contributed by atoms with van der Waals surface area (Å²) < 4.78 is 5.68. The molecule has 27 heavy (non-hydrogen) atoms. The van der Waals surface area contributed by atoms with Crippen LogP contribution < -0.4 is 11.1 Å². The molecular weight excluding hydrogens is 366 g/mol. The van der Waals surface area contributed by atoms with Gasteiger partial charge in [0, 0.05) is 42.8 Å². The number of rotatable bonds is 5. The van der Waals surface area contributed by atoms with Gasteiger partial charge in [-0.2, -0.15) is 0 Å². The fourth-order valence-electron chi connectivity index (χ4n) is 3.86. The van der Waals surface area contributed by atoms with Gasteiger partial charge in [0.2, 0.25) is 5.91 Å². The van der Waals surface area contributed by atoms with Crippen LogP contribution in [0.4, 0.5) is 5.69 Å². The Hall–Kier alpha value is -1.63. The van der Waals surface area contributed by atoms with Gasteiger partial charge in [0.25, 0.3) is 5.91 Å². The molecule has 2 unspecified atom stereocenters. The Morgan fingerprint density at radius 1 is 1.22 bits per heavy atom. The van der Waals surface area contributed by atoms with E-state index in [1.807, 2.05) is 25.7 Å². The SMILES string of the molecule is CCOC1CC(N)(C(=O)Nc2ccc(C(=O)N3CCCC3)cc2)C1(C)C.Cl. The highest BCUT2D eigenvalue weighted by molar-refractivity contribution is 6.00. The average molecular weight is 396 g/mol. The number of carbonyl (C=O) groups excluding carboxylic acids is 2. The first kappa shape index (κ1) is 21.7. The van der Waals surface area contributed by atoms with Crippen molar-refractivity contribution in [3.8, 4) is 0 Å². The molecule has 1 aliphatic heterocycles. The molecule has 1 aromatic rings. The molecule has 2 fully saturated rings. The first-order valence-corrected chi connectivity index (χ1v) is 9.41. The minimum Gasteiger partial charge on any atom is -0.378 e. The van der Waals surface area contributed by atoms with Crippen LogP contribution in [-0.4, -0.2) is 48.1 Å². The molecule has 1 saturated heterocycles. The highest BCUT2D eigenvalue weighted by Gasteiger charge is 2.62. The van der Waals surface area contributed by atoms with Crippen molar-refractivity contribution in [2.24, 2.45) is 11.1 Å². The fraction of sp³-hybridized carbons (Fsp3) is 0.600. The van der Waals surface area contributed by atoms with Crippen LogP contribution in [0.25, 0.3) is 0 Å². The third-order valence-electron chi connectivity index (χ3n) is 6.02. The van der Waals surface area contributed by atoms with Gasteiger partial charge in [-0.25, -0.2) is 0 Å². The van der Waals surface area contributed by atoms with Crippen molar-refractivity contribution in [3.63, 3.8) is 0 Å². The van der Waals surface area contributed by atoms with Crippen LogP contribution in [0.15, 0.2) is 24.3 Å². The maximum Gasteiger partial charge on any atom is 0.253 e. The summed E-state index contributed by atoms with van der Waals surface area (Å²) in [6.07, 6.45) is 2.63. The van der Waals surface area contributed by atoms with Crippen molar-refractivity contribution >= 4 is 29.9 Å². The minimum absolute atomic E-state index is 0. The lowest BCUT2D eigenvalue weighted by atomic mass is 9.54. The molecule has 0 spiro atoms. The van der Waals surface area contributed by atoms with Crippen molar-refractivity contribution in [2.75, 3.05) is 25.0 Å². The van der Waals surface area contributed by atoms with Crippen LogP contribution in [0.5, 0.6) is 0 Å². The summed E-state index contributed by atoms with van der Waals surface area (Å²) in [6, 6.07) is 7.04. The lowest BCUT2D eigenvalue weighted by Gasteiger charge is -2.57. The van der Waals surface area contributed by atoms with Gasteiger partial charge in [0.1, 0.15) is 5.54 Å². The van der Waals surface area contributed by atoms with Gasteiger partial charge < -0.3 is 20.7 Å². The summed E-state index contributed by atoms with van der Waals surface area (Å²) in [6.45, 7) is 8.13. The number of ether oxygens (including phenoxy) is 1. The zero-order chi connectivity index (χ0) is 18.9. The van der Waals surface area contributed by atoms with Gasteiger partial charge in [-0.1, -0.05) is 13.8 Å². The molecule has 2 amide bonds. The topological polar surface area (TPSA) is 84.7 Å². The maximum absolute atomic E-state index is 12.7. The number of halogens is 1. The van der Waals surface area contributed by atoms with Crippen molar-refractivity contribution in [3.05, 3.63) is 29.8 Å². The molecular formula is C20H30ClN3O3. The Morgan fingerprint density at radius 2 is 1.81 bits per heavy atom. The minimum atomic E-state index is -0.961. The number of amides is 2. The molecule has 1 heterocycles. The zero-order valence-corrected chi connectivity index (χ0v) is 17.1. The zero-order valence-electron chi connectivity index (χ0n) is 16.3. The number of hydrogen-bond donors (Lipinski definition) is 2. The van der Waals surface area contributed by atoms with Crippen molar-refractivity contribution in [1.29, 1.82) is 0 Å². The number of nitrogens with two attached hydrogens (primary N) is 1. The highest BCUT2D eigenvalue weighted by atomic mass is 35.5. The molecule has 2 aliphatic rings. The standard InChI is InChI=1S/C20H29N3O3.ClH/c1-4-26-16-13-20(21,19(16,2)3)18(25)22-15-9-7-14(8-10-15)17(24)23-11-5-6-12-23;/h7-10,16H,4-6,11-13,21H2,1-3H3,(H,22,25);1H. The second-order valence-corrected chi connectivity index (χ2v) is 7.87. The molecule has 7 heteroatoms. The summed E-state index contributed by atoms with van der Waals surface area (Å²) in [4.78, 5) is 27.0. The lowest BCUT2D eigenvalue weighted by molar-refractivity contribution is -0.166. The molecule has 1 saturated carbocycles. The van der Waals surface area contributed by atoms with Crippen LogP contribution in [0.1, 0.15) is 50.4 Å².